The average molecular weight is 314 g/mol. The van der Waals surface area contributed by atoms with E-state index in [9.17, 15) is 18.0 Å². The SMILES string of the molecule is COC(=O)CNS(=O)(=O)c1c(C)cc(NC(C)=O)cc1C. The molecular weight excluding hydrogens is 296 g/mol. The minimum atomic E-state index is -3.84. The number of esters is 1. The number of benzene rings is 1. The van der Waals surface area contributed by atoms with E-state index in [1.807, 2.05) is 0 Å². The van der Waals surface area contributed by atoms with Crippen molar-refractivity contribution in [2.24, 2.45) is 0 Å². The predicted molar refractivity (Wildman–Crippen MR) is 77.4 cm³/mol. The smallest absolute Gasteiger partial charge is 0.320 e. The van der Waals surface area contributed by atoms with Crippen molar-refractivity contribution in [1.82, 2.24) is 4.72 Å². The molecule has 1 aromatic rings. The second-order valence-corrected chi connectivity index (χ2v) is 6.22. The Morgan fingerprint density at radius 2 is 1.71 bits per heavy atom. The van der Waals surface area contributed by atoms with Crippen molar-refractivity contribution < 1.29 is 22.7 Å². The molecule has 0 aliphatic carbocycles. The molecule has 2 N–H and O–H groups in total. The van der Waals surface area contributed by atoms with Gasteiger partial charge < -0.3 is 10.1 Å². The van der Waals surface area contributed by atoms with Gasteiger partial charge in [-0.15, -0.1) is 0 Å². The number of hydrogen-bond donors (Lipinski definition) is 2. The number of sulfonamides is 1. The average Bonchev–Trinajstić information content (AvgIpc) is 2.33. The van der Waals surface area contributed by atoms with E-state index in [2.05, 4.69) is 14.8 Å². The summed E-state index contributed by atoms with van der Waals surface area (Å²) in [6.07, 6.45) is 0. The zero-order valence-electron chi connectivity index (χ0n) is 12.3. The molecule has 0 saturated heterocycles. The molecule has 0 spiro atoms. The van der Waals surface area contributed by atoms with Crippen LogP contribution in [-0.2, 0) is 24.3 Å². The summed E-state index contributed by atoms with van der Waals surface area (Å²) < 4.78 is 31.0. The molecule has 0 aliphatic heterocycles. The summed E-state index contributed by atoms with van der Waals surface area (Å²) in [6, 6.07) is 3.11. The van der Waals surface area contributed by atoms with Gasteiger partial charge in [-0.3, -0.25) is 9.59 Å². The van der Waals surface area contributed by atoms with Crippen LogP contribution in [0.25, 0.3) is 0 Å². The third-order valence-corrected chi connectivity index (χ3v) is 4.39. The molecule has 1 amide bonds. The summed E-state index contributed by atoms with van der Waals surface area (Å²) in [7, 11) is -2.66. The van der Waals surface area contributed by atoms with Crippen LogP contribution in [0.5, 0.6) is 0 Å². The fourth-order valence-electron chi connectivity index (χ4n) is 1.95. The fraction of sp³-hybridized carbons (Fsp3) is 0.385. The second-order valence-electron chi connectivity index (χ2n) is 4.52. The van der Waals surface area contributed by atoms with Crippen LogP contribution in [-0.4, -0.2) is 33.9 Å². The summed E-state index contributed by atoms with van der Waals surface area (Å²) in [5.41, 5.74) is 1.46. The van der Waals surface area contributed by atoms with Crippen molar-refractivity contribution in [2.45, 2.75) is 25.7 Å². The number of methoxy groups -OCH3 is 1. The van der Waals surface area contributed by atoms with E-state index >= 15 is 0 Å². The van der Waals surface area contributed by atoms with Crippen molar-refractivity contribution in [2.75, 3.05) is 19.0 Å². The third-order valence-electron chi connectivity index (χ3n) is 2.68. The number of ether oxygens (including phenoxy) is 1. The molecular formula is C13H18N2O5S. The monoisotopic (exact) mass is 314 g/mol. The quantitative estimate of drug-likeness (QED) is 0.780. The Morgan fingerprint density at radius 3 is 2.14 bits per heavy atom. The Kier molecular flexibility index (Phi) is 5.45. The van der Waals surface area contributed by atoms with Crippen LogP contribution in [0.15, 0.2) is 17.0 Å². The number of nitrogens with one attached hydrogen (secondary N) is 2. The highest BCUT2D eigenvalue weighted by molar-refractivity contribution is 7.89. The molecule has 0 saturated carbocycles. The molecule has 0 atom stereocenters. The van der Waals surface area contributed by atoms with Crippen molar-refractivity contribution in [3.8, 4) is 0 Å². The van der Waals surface area contributed by atoms with Crippen molar-refractivity contribution in [3.05, 3.63) is 23.3 Å². The predicted octanol–water partition coefficient (Wildman–Crippen LogP) is 0.713. The van der Waals surface area contributed by atoms with Crippen LogP contribution >= 0.6 is 0 Å². The molecule has 0 fully saturated rings. The van der Waals surface area contributed by atoms with Crippen LogP contribution < -0.4 is 10.0 Å². The lowest BCUT2D eigenvalue weighted by Gasteiger charge is -2.13. The van der Waals surface area contributed by atoms with E-state index in [1.54, 1.807) is 26.0 Å². The minimum absolute atomic E-state index is 0.0838. The summed E-state index contributed by atoms with van der Waals surface area (Å²) in [5.74, 6) is -0.919. The van der Waals surface area contributed by atoms with E-state index in [1.165, 1.54) is 14.0 Å². The molecule has 8 heteroatoms. The number of carbonyl (C=O) groups is 2. The fourth-order valence-corrected chi connectivity index (χ4v) is 3.37. The van der Waals surface area contributed by atoms with Gasteiger partial charge in [0.2, 0.25) is 15.9 Å². The van der Waals surface area contributed by atoms with Gasteiger partial charge >= 0.3 is 5.97 Å². The van der Waals surface area contributed by atoms with Gasteiger partial charge in [0.25, 0.3) is 0 Å². The second kappa shape index (κ2) is 6.68. The molecule has 0 unspecified atom stereocenters. The molecule has 0 aromatic heterocycles. The molecule has 21 heavy (non-hydrogen) atoms. The largest absolute Gasteiger partial charge is 0.468 e. The van der Waals surface area contributed by atoms with E-state index in [4.69, 9.17) is 0 Å². The first-order valence-corrected chi connectivity index (χ1v) is 7.61. The lowest BCUT2D eigenvalue weighted by molar-refractivity contribution is -0.139. The van der Waals surface area contributed by atoms with Crippen LogP contribution in [0, 0.1) is 13.8 Å². The van der Waals surface area contributed by atoms with E-state index in [-0.39, 0.29) is 10.8 Å². The highest BCUT2D eigenvalue weighted by Crippen LogP contribution is 2.24. The van der Waals surface area contributed by atoms with Crippen LogP contribution in [0.3, 0.4) is 0 Å². The maximum absolute atomic E-state index is 12.2. The van der Waals surface area contributed by atoms with Crippen LogP contribution in [0.1, 0.15) is 18.1 Å². The number of carbonyl (C=O) groups excluding carboxylic acids is 2. The summed E-state index contributed by atoms with van der Waals surface area (Å²) in [5, 5.41) is 2.60. The van der Waals surface area contributed by atoms with Gasteiger partial charge in [0.15, 0.2) is 0 Å². The molecule has 0 aliphatic rings. The van der Waals surface area contributed by atoms with Gasteiger partial charge in [-0.2, -0.15) is 4.72 Å². The standard InChI is InChI=1S/C13H18N2O5S/c1-8-5-11(15-10(3)16)6-9(2)13(8)21(18,19)14-7-12(17)20-4/h5-6,14H,7H2,1-4H3,(H,15,16). The first-order valence-electron chi connectivity index (χ1n) is 6.12. The molecule has 1 aromatic carbocycles. The Bertz CT molecular complexity index is 644. The number of amides is 1. The topological polar surface area (TPSA) is 102 Å². The Labute approximate surface area is 123 Å². The van der Waals surface area contributed by atoms with Crippen molar-refractivity contribution in [1.29, 1.82) is 0 Å². The Balaban J connectivity index is 3.12. The maximum atomic E-state index is 12.2. The number of hydrogen-bond acceptors (Lipinski definition) is 5. The first-order chi connectivity index (χ1) is 9.67. The van der Waals surface area contributed by atoms with E-state index in [0.717, 1.165) is 0 Å². The molecule has 0 bridgehead atoms. The summed E-state index contributed by atoms with van der Waals surface area (Å²) >= 11 is 0. The molecule has 0 heterocycles. The van der Waals surface area contributed by atoms with Gasteiger partial charge in [0, 0.05) is 12.6 Å². The van der Waals surface area contributed by atoms with Crippen LogP contribution in [0.2, 0.25) is 0 Å². The van der Waals surface area contributed by atoms with Gasteiger partial charge in [0.1, 0.15) is 6.54 Å². The summed E-state index contributed by atoms with van der Waals surface area (Å²) in [6.45, 7) is 4.16. The molecule has 7 nitrogen and oxygen atoms in total. The molecule has 1 rings (SSSR count). The lowest BCUT2D eigenvalue weighted by atomic mass is 10.1. The van der Waals surface area contributed by atoms with Crippen LogP contribution in [0.4, 0.5) is 5.69 Å². The highest BCUT2D eigenvalue weighted by atomic mass is 32.2. The number of anilines is 1. The van der Waals surface area contributed by atoms with Crippen molar-refractivity contribution >= 4 is 27.6 Å². The Morgan fingerprint density at radius 1 is 1.19 bits per heavy atom. The zero-order chi connectivity index (χ0) is 16.2. The van der Waals surface area contributed by atoms with Crippen molar-refractivity contribution in [3.63, 3.8) is 0 Å². The number of aryl methyl sites for hydroxylation is 2. The minimum Gasteiger partial charge on any atom is -0.468 e. The van der Waals surface area contributed by atoms with Gasteiger partial charge in [-0.25, -0.2) is 8.42 Å². The van der Waals surface area contributed by atoms with Gasteiger partial charge in [0.05, 0.1) is 12.0 Å². The van der Waals surface area contributed by atoms with E-state index < -0.39 is 22.5 Å². The van der Waals surface area contributed by atoms with Gasteiger partial charge in [-0.1, -0.05) is 0 Å². The summed E-state index contributed by atoms with van der Waals surface area (Å²) in [4.78, 5) is 22.2. The van der Waals surface area contributed by atoms with E-state index in [0.29, 0.717) is 16.8 Å². The number of rotatable bonds is 5. The third kappa shape index (κ3) is 4.54. The normalized spacial score (nSPS) is 11.0. The van der Waals surface area contributed by atoms with Gasteiger partial charge in [-0.05, 0) is 37.1 Å². The first kappa shape index (κ1) is 17.1. The Hall–Kier alpha value is -1.93. The highest BCUT2D eigenvalue weighted by Gasteiger charge is 2.21. The maximum Gasteiger partial charge on any atom is 0.320 e. The molecule has 0 radical (unpaired) electrons. The lowest BCUT2D eigenvalue weighted by Crippen LogP contribution is -2.31. The molecule has 116 valence electrons. The zero-order valence-corrected chi connectivity index (χ0v) is 13.1.